The summed E-state index contributed by atoms with van der Waals surface area (Å²) in [6.45, 7) is 8.63. The highest BCUT2D eigenvalue weighted by Gasteiger charge is 2.70. The molecule has 0 amide bonds. The van der Waals surface area contributed by atoms with Crippen LogP contribution in [0.5, 0.6) is 0 Å². The highest BCUT2D eigenvalue weighted by Crippen LogP contribution is 2.78. The highest BCUT2D eigenvalue weighted by molar-refractivity contribution is 5.67. The van der Waals surface area contributed by atoms with Gasteiger partial charge in [-0.15, -0.1) is 0 Å². The molecule has 8 saturated carbocycles. The van der Waals surface area contributed by atoms with Gasteiger partial charge in [0.25, 0.3) is 0 Å². The SMILES string of the molecule is C/C=C\c1ccc(C23CC4CC(C2)CC(C25CC6CC(CC(c7ccc(/C=C\C)c(/C=C\C)c7)(C6)C2)C5)(C4)C3)cc1/C=C\C. The molecule has 4 atom stereocenters. The van der Waals surface area contributed by atoms with E-state index in [2.05, 4.69) is 113 Å². The van der Waals surface area contributed by atoms with Gasteiger partial charge in [0.2, 0.25) is 0 Å². The third-order valence-corrected chi connectivity index (χ3v) is 14.0. The smallest absolute Gasteiger partial charge is 0.00360 e. The molecule has 0 aliphatic heterocycles. The molecule has 10 rings (SSSR count). The summed E-state index contributed by atoms with van der Waals surface area (Å²) in [7, 11) is 0. The first-order valence-electron chi connectivity index (χ1n) is 18.2. The molecular weight excluding hydrogens is 528 g/mol. The normalized spacial score (nSPS) is 40.5. The molecule has 0 aromatic heterocycles. The van der Waals surface area contributed by atoms with Gasteiger partial charge in [-0.1, -0.05) is 85.0 Å². The van der Waals surface area contributed by atoms with E-state index in [-0.39, 0.29) is 0 Å². The second-order valence-electron chi connectivity index (χ2n) is 16.7. The summed E-state index contributed by atoms with van der Waals surface area (Å²) in [6, 6.07) is 15.2. The minimum atomic E-state index is 0.387. The summed E-state index contributed by atoms with van der Waals surface area (Å²) < 4.78 is 0. The van der Waals surface area contributed by atoms with Gasteiger partial charge >= 0.3 is 0 Å². The van der Waals surface area contributed by atoms with Crippen molar-refractivity contribution >= 4 is 24.3 Å². The third kappa shape index (κ3) is 4.29. The number of allylic oxidation sites excluding steroid dienone is 4. The van der Waals surface area contributed by atoms with Gasteiger partial charge in [0.1, 0.15) is 0 Å². The number of hydrogen-bond acceptors (Lipinski definition) is 0. The van der Waals surface area contributed by atoms with Crippen LogP contribution in [0, 0.1) is 34.5 Å². The average Bonchev–Trinajstić information content (AvgIpc) is 2.98. The molecular formula is C44H54. The molecule has 0 spiro atoms. The molecule has 8 bridgehead atoms. The van der Waals surface area contributed by atoms with Gasteiger partial charge in [-0.25, -0.2) is 0 Å². The van der Waals surface area contributed by atoms with Gasteiger partial charge in [-0.2, -0.15) is 0 Å². The monoisotopic (exact) mass is 582 g/mol. The lowest BCUT2D eigenvalue weighted by atomic mass is 9.30. The predicted octanol–water partition coefficient (Wildman–Crippen LogP) is 12.2. The van der Waals surface area contributed by atoms with E-state index in [0.717, 1.165) is 23.7 Å². The van der Waals surface area contributed by atoms with E-state index >= 15 is 0 Å². The molecule has 0 nitrogen and oxygen atoms in total. The van der Waals surface area contributed by atoms with E-state index in [1.165, 1.54) is 99.3 Å². The van der Waals surface area contributed by atoms with Crippen LogP contribution in [0.1, 0.15) is 138 Å². The lowest BCUT2D eigenvalue weighted by Gasteiger charge is -2.74. The molecule has 230 valence electrons. The topological polar surface area (TPSA) is 0 Å². The van der Waals surface area contributed by atoms with Crippen LogP contribution in [0.25, 0.3) is 24.3 Å². The lowest BCUT2D eigenvalue weighted by Crippen LogP contribution is -2.66. The Morgan fingerprint density at radius 3 is 1.14 bits per heavy atom. The molecule has 44 heavy (non-hydrogen) atoms. The minimum absolute atomic E-state index is 0.387. The van der Waals surface area contributed by atoms with E-state index in [0.29, 0.717) is 21.7 Å². The molecule has 0 radical (unpaired) electrons. The lowest BCUT2D eigenvalue weighted by molar-refractivity contribution is -0.212. The van der Waals surface area contributed by atoms with Crippen LogP contribution in [-0.4, -0.2) is 0 Å². The van der Waals surface area contributed by atoms with E-state index in [4.69, 9.17) is 0 Å². The molecule has 0 heterocycles. The molecule has 0 N–H and O–H groups in total. The van der Waals surface area contributed by atoms with E-state index < -0.39 is 0 Å². The van der Waals surface area contributed by atoms with Crippen LogP contribution in [-0.2, 0) is 10.8 Å². The van der Waals surface area contributed by atoms with E-state index in [1.54, 1.807) is 11.1 Å². The van der Waals surface area contributed by atoms with Gasteiger partial charge < -0.3 is 0 Å². The van der Waals surface area contributed by atoms with Crippen LogP contribution in [0.2, 0.25) is 0 Å². The fourth-order valence-corrected chi connectivity index (χ4v) is 13.6. The number of hydrogen-bond donors (Lipinski definition) is 0. The molecule has 8 fully saturated rings. The van der Waals surface area contributed by atoms with Crippen LogP contribution >= 0.6 is 0 Å². The summed E-state index contributed by atoms with van der Waals surface area (Å²) in [5.74, 6) is 3.73. The van der Waals surface area contributed by atoms with Gasteiger partial charge in [0.15, 0.2) is 0 Å². The van der Waals surface area contributed by atoms with Crippen molar-refractivity contribution < 1.29 is 0 Å². The van der Waals surface area contributed by atoms with Crippen LogP contribution in [0.4, 0.5) is 0 Å². The summed E-state index contributed by atoms with van der Waals surface area (Å²) in [5.41, 5.74) is 10.8. The van der Waals surface area contributed by atoms with Crippen molar-refractivity contribution in [3.63, 3.8) is 0 Å². The van der Waals surface area contributed by atoms with Crippen molar-refractivity contribution in [1.82, 2.24) is 0 Å². The summed E-state index contributed by atoms with van der Waals surface area (Å²) in [5, 5.41) is 0. The van der Waals surface area contributed by atoms with E-state index in [1.807, 2.05) is 0 Å². The van der Waals surface area contributed by atoms with E-state index in [9.17, 15) is 0 Å². The summed E-state index contributed by atoms with van der Waals surface area (Å²) >= 11 is 0. The van der Waals surface area contributed by atoms with Crippen LogP contribution < -0.4 is 0 Å². The Kier molecular flexibility index (Phi) is 6.86. The molecule has 8 aliphatic rings. The fraction of sp³-hybridized carbons (Fsp3) is 0.545. The number of rotatable bonds is 7. The Balaban J connectivity index is 1.20. The first-order chi connectivity index (χ1) is 21.4. The highest BCUT2D eigenvalue weighted by atomic mass is 14.7. The van der Waals surface area contributed by atoms with Crippen molar-refractivity contribution in [3.8, 4) is 0 Å². The fourth-order valence-electron chi connectivity index (χ4n) is 13.6. The van der Waals surface area contributed by atoms with Crippen LogP contribution in [0.3, 0.4) is 0 Å². The van der Waals surface area contributed by atoms with Gasteiger partial charge in [0.05, 0.1) is 0 Å². The Morgan fingerprint density at radius 2 is 0.795 bits per heavy atom. The van der Waals surface area contributed by atoms with Crippen molar-refractivity contribution in [1.29, 1.82) is 0 Å². The molecule has 4 unspecified atom stereocenters. The molecule has 8 aliphatic carbocycles. The summed E-state index contributed by atoms with van der Waals surface area (Å²) in [4.78, 5) is 0. The summed E-state index contributed by atoms with van der Waals surface area (Å²) in [6.07, 6.45) is 36.0. The van der Waals surface area contributed by atoms with Crippen molar-refractivity contribution in [3.05, 3.63) is 94.1 Å². The Bertz CT molecular complexity index is 1410. The van der Waals surface area contributed by atoms with Gasteiger partial charge in [-0.3, -0.25) is 0 Å². The van der Waals surface area contributed by atoms with Crippen LogP contribution in [0.15, 0.2) is 60.7 Å². The molecule has 2 aromatic carbocycles. The zero-order chi connectivity index (χ0) is 30.2. The second kappa shape index (κ2) is 10.5. The first-order valence-corrected chi connectivity index (χ1v) is 18.2. The van der Waals surface area contributed by atoms with Crippen molar-refractivity contribution in [2.75, 3.05) is 0 Å². The second-order valence-corrected chi connectivity index (χ2v) is 16.7. The average molecular weight is 583 g/mol. The van der Waals surface area contributed by atoms with Crippen molar-refractivity contribution in [2.24, 2.45) is 34.5 Å². The minimum Gasteiger partial charge on any atom is -0.0870 e. The first kappa shape index (κ1) is 28.8. The third-order valence-electron chi connectivity index (χ3n) is 14.0. The predicted molar refractivity (Wildman–Crippen MR) is 189 cm³/mol. The maximum Gasteiger partial charge on any atom is -0.00360 e. The Labute approximate surface area is 267 Å². The Morgan fingerprint density at radius 1 is 0.455 bits per heavy atom. The zero-order valence-electron chi connectivity index (χ0n) is 27.9. The molecule has 0 heteroatoms. The zero-order valence-corrected chi connectivity index (χ0v) is 27.9. The number of benzene rings is 2. The maximum atomic E-state index is 2.62. The van der Waals surface area contributed by atoms with Gasteiger partial charge in [0, 0.05) is 0 Å². The standard InChI is InChI=1S/C44H54/c1-5-9-35-13-15-39(19-37(35)11-7-3)41-21-31-17-32(22-41)26-43(25-31,29-41)44-27-33-18-34(28-44)24-42(23-33,30-44)40-16-14-36(10-6-2)38(20-40)12-8-4/h5-16,19-20,31-34H,17-18,21-30H2,1-4H3/b9-5-,10-6-,11-7-,12-8-. The van der Waals surface area contributed by atoms with Crippen molar-refractivity contribution in [2.45, 2.75) is 116 Å². The molecule has 0 saturated heterocycles. The molecule has 2 aromatic rings. The quantitative estimate of drug-likeness (QED) is 0.305. The van der Waals surface area contributed by atoms with Gasteiger partial charge in [-0.05, 0) is 183 Å². The Hall–Kier alpha value is -2.60. The maximum absolute atomic E-state index is 2.62. The largest absolute Gasteiger partial charge is 0.0870 e.